The van der Waals surface area contributed by atoms with Crippen LogP contribution in [-0.2, 0) is 12.8 Å². The van der Waals surface area contributed by atoms with E-state index in [-0.39, 0.29) is 0 Å². The molecule has 0 aliphatic carbocycles. The number of nitrogens with one attached hydrogen (secondary N) is 2. The smallest absolute Gasteiger partial charge is 0.000834 e. The maximum absolute atomic E-state index is 3.48. The Hall–Kier alpha value is -0.860. The molecule has 0 heterocycles. The maximum Gasteiger partial charge on any atom is -0.000834 e. The van der Waals surface area contributed by atoms with Crippen LogP contribution in [0.3, 0.4) is 0 Å². The van der Waals surface area contributed by atoms with Gasteiger partial charge in [-0.05, 0) is 63.0 Å². The Labute approximate surface area is 112 Å². The molecular formula is C16H28N2. The average molecular weight is 248 g/mol. The van der Waals surface area contributed by atoms with E-state index < -0.39 is 0 Å². The summed E-state index contributed by atoms with van der Waals surface area (Å²) in [6.45, 7) is 7.81. The minimum Gasteiger partial charge on any atom is -0.320 e. The van der Waals surface area contributed by atoms with Crippen molar-refractivity contribution in [2.45, 2.75) is 33.1 Å². The number of hydrogen-bond acceptors (Lipinski definition) is 2. The molecule has 0 bridgehead atoms. The normalized spacial score (nSPS) is 11.1. The fourth-order valence-corrected chi connectivity index (χ4v) is 2.06. The van der Waals surface area contributed by atoms with Gasteiger partial charge in [0, 0.05) is 0 Å². The molecule has 0 aromatic heterocycles. The Kier molecular flexibility index (Phi) is 7.70. The minimum atomic E-state index is 0.740. The Morgan fingerprint density at radius 2 is 1.61 bits per heavy atom. The van der Waals surface area contributed by atoms with Crippen molar-refractivity contribution >= 4 is 0 Å². The van der Waals surface area contributed by atoms with Crippen molar-refractivity contribution in [3.63, 3.8) is 0 Å². The van der Waals surface area contributed by atoms with E-state index in [1.807, 2.05) is 7.05 Å². The molecule has 0 spiro atoms. The van der Waals surface area contributed by atoms with Gasteiger partial charge in [-0.25, -0.2) is 0 Å². The molecule has 0 atom stereocenters. The fraction of sp³-hybridized carbons (Fsp3) is 0.625. The highest BCUT2D eigenvalue weighted by molar-refractivity contribution is 5.23. The lowest BCUT2D eigenvalue weighted by Gasteiger charge is -2.07. The first kappa shape index (κ1) is 15.2. The van der Waals surface area contributed by atoms with Crippen molar-refractivity contribution in [1.29, 1.82) is 0 Å². The van der Waals surface area contributed by atoms with Crippen molar-refractivity contribution in [1.82, 2.24) is 10.6 Å². The van der Waals surface area contributed by atoms with Gasteiger partial charge < -0.3 is 10.6 Å². The zero-order valence-corrected chi connectivity index (χ0v) is 12.1. The van der Waals surface area contributed by atoms with Gasteiger partial charge in [-0.15, -0.1) is 0 Å². The summed E-state index contributed by atoms with van der Waals surface area (Å²) in [5.41, 5.74) is 2.89. The van der Waals surface area contributed by atoms with E-state index in [1.165, 1.54) is 24.0 Å². The van der Waals surface area contributed by atoms with Crippen LogP contribution in [0.15, 0.2) is 24.3 Å². The van der Waals surface area contributed by atoms with E-state index in [9.17, 15) is 0 Å². The molecule has 2 heteroatoms. The minimum absolute atomic E-state index is 0.740. The van der Waals surface area contributed by atoms with E-state index in [2.05, 4.69) is 48.7 Å². The predicted octanol–water partition coefficient (Wildman–Crippen LogP) is 2.63. The van der Waals surface area contributed by atoms with Gasteiger partial charge in [-0.3, -0.25) is 0 Å². The molecule has 1 aromatic carbocycles. The molecule has 2 N–H and O–H groups in total. The van der Waals surface area contributed by atoms with Crippen molar-refractivity contribution in [2.75, 3.05) is 26.7 Å². The summed E-state index contributed by atoms with van der Waals surface area (Å²) in [5.74, 6) is 0.740. The highest BCUT2D eigenvalue weighted by atomic mass is 14.9. The molecular weight excluding hydrogens is 220 g/mol. The second-order valence-corrected chi connectivity index (χ2v) is 5.37. The van der Waals surface area contributed by atoms with Crippen molar-refractivity contribution in [3.8, 4) is 0 Å². The van der Waals surface area contributed by atoms with Gasteiger partial charge in [0.1, 0.15) is 0 Å². The maximum atomic E-state index is 3.48. The third-order valence-electron chi connectivity index (χ3n) is 3.04. The Morgan fingerprint density at radius 3 is 2.22 bits per heavy atom. The van der Waals surface area contributed by atoms with Gasteiger partial charge in [0.25, 0.3) is 0 Å². The van der Waals surface area contributed by atoms with E-state index in [4.69, 9.17) is 0 Å². The van der Waals surface area contributed by atoms with Gasteiger partial charge in [-0.2, -0.15) is 0 Å². The van der Waals surface area contributed by atoms with Crippen molar-refractivity contribution in [2.24, 2.45) is 5.92 Å². The van der Waals surface area contributed by atoms with Crippen LogP contribution in [0.5, 0.6) is 0 Å². The lowest BCUT2D eigenvalue weighted by atomic mass is 10.0. The van der Waals surface area contributed by atoms with Crippen molar-refractivity contribution in [3.05, 3.63) is 35.4 Å². The first-order valence-electron chi connectivity index (χ1n) is 7.15. The summed E-state index contributed by atoms with van der Waals surface area (Å²) < 4.78 is 0. The van der Waals surface area contributed by atoms with Crippen LogP contribution in [0.1, 0.15) is 31.4 Å². The second-order valence-electron chi connectivity index (χ2n) is 5.37. The first-order valence-corrected chi connectivity index (χ1v) is 7.15. The zero-order chi connectivity index (χ0) is 13.2. The topological polar surface area (TPSA) is 24.1 Å². The average Bonchev–Trinajstić information content (AvgIpc) is 2.35. The quantitative estimate of drug-likeness (QED) is 0.657. The molecule has 0 saturated heterocycles. The standard InChI is InChI=1S/C16H28N2/c1-14(2)13-16-7-5-15(6-8-16)9-12-18-11-4-10-17-3/h5-8,14,17-18H,4,9-13H2,1-3H3. The van der Waals surface area contributed by atoms with Crippen molar-refractivity contribution < 1.29 is 0 Å². The lowest BCUT2D eigenvalue weighted by molar-refractivity contribution is 0.624. The first-order chi connectivity index (χ1) is 8.72. The number of benzene rings is 1. The van der Waals surface area contributed by atoms with Crippen LogP contribution >= 0.6 is 0 Å². The lowest BCUT2D eigenvalue weighted by Crippen LogP contribution is -2.21. The molecule has 0 aliphatic heterocycles. The summed E-state index contributed by atoms with van der Waals surface area (Å²) in [4.78, 5) is 0. The molecule has 102 valence electrons. The summed E-state index contributed by atoms with van der Waals surface area (Å²) in [5, 5.41) is 6.63. The highest BCUT2D eigenvalue weighted by Crippen LogP contribution is 2.09. The summed E-state index contributed by atoms with van der Waals surface area (Å²) in [7, 11) is 2.00. The van der Waals surface area contributed by atoms with Crippen LogP contribution in [0.2, 0.25) is 0 Å². The van der Waals surface area contributed by atoms with Gasteiger partial charge in [0.2, 0.25) is 0 Å². The number of rotatable bonds is 9. The largest absolute Gasteiger partial charge is 0.320 e. The number of hydrogen-bond donors (Lipinski definition) is 2. The molecule has 0 amide bonds. The van der Waals surface area contributed by atoms with Gasteiger partial charge >= 0.3 is 0 Å². The van der Waals surface area contributed by atoms with E-state index >= 15 is 0 Å². The molecule has 2 nitrogen and oxygen atoms in total. The zero-order valence-electron chi connectivity index (χ0n) is 12.1. The van der Waals surface area contributed by atoms with Crippen LogP contribution < -0.4 is 10.6 Å². The summed E-state index contributed by atoms with van der Waals surface area (Å²) >= 11 is 0. The molecule has 18 heavy (non-hydrogen) atoms. The SMILES string of the molecule is CNCCCNCCc1ccc(CC(C)C)cc1. The second kappa shape index (κ2) is 9.12. The highest BCUT2D eigenvalue weighted by Gasteiger charge is 1.98. The summed E-state index contributed by atoms with van der Waals surface area (Å²) in [6.07, 6.45) is 3.51. The third kappa shape index (κ3) is 6.77. The van der Waals surface area contributed by atoms with Gasteiger partial charge in [-0.1, -0.05) is 38.1 Å². The molecule has 0 aliphatic rings. The fourth-order valence-electron chi connectivity index (χ4n) is 2.06. The Bertz CT molecular complexity index is 303. The van der Waals surface area contributed by atoms with Crippen LogP contribution in [0.25, 0.3) is 0 Å². The molecule has 0 fully saturated rings. The van der Waals surface area contributed by atoms with Gasteiger partial charge in [0.15, 0.2) is 0 Å². The molecule has 0 saturated carbocycles. The van der Waals surface area contributed by atoms with Crippen LogP contribution in [0.4, 0.5) is 0 Å². The molecule has 1 aromatic rings. The van der Waals surface area contributed by atoms with E-state index in [0.717, 1.165) is 32.0 Å². The Morgan fingerprint density at radius 1 is 0.944 bits per heavy atom. The molecule has 0 radical (unpaired) electrons. The molecule has 1 rings (SSSR count). The van der Waals surface area contributed by atoms with Crippen LogP contribution in [-0.4, -0.2) is 26.7 Å². The van der Waals surface area contributed by atoms with E-state index in [0.29, 0.717) is 0 Å². The molecule has 0 unspecified atom stereocenters. The van der Waals surface area contributed by atoms with Crippen LogP contribution in [0, 0.1) is 5.92 Å². The van der Waals surface area contributed by atoms with E-state index in [1.54, 1.807) is 0 Å². The van der Waals surface area contributed by atoms with Gasteiger partial charge in [0.05, 0.1) is 0 Å². The third-order valence-corrected chi connectivity index (χ3v) is 3.04. The summed E-state index contributed by atoms with van der Waals surface area (Å²) in [6, 6.07) is 9.09. The monoisotopic (exact) mass is 248 g/mol. The predicted molar refractivity (Wildman–Crippen MR) is 80.1 cm³/mol. The Balaban J connectivity index is 2.18.